The highest BCUT2D eigenvalue weighted by molar-refractivity contribution is 5.98. The van der Waals surface area contributed by atoms with E-state index in [0.717, 1.165) is 6.54 Å². The van der Waals surface area contributed by atoms with E-state index < -0.39 is 0 Å². The van der Waals surface area contributed by atoms with Crippen molar-refractivity contribution in [2.45, 2.75) is 20.3 Å². The van der Waals surface area contributed by atoms with Crippen molar-refractivity contribution >= 4 is 11.6 Å². The molecule has 0 saturated heterocycles. The standard InChI is InChI=1S/C12H18N2O2/c1-3-14(8-5-9-15)12-11(10(2)16)6-4-7-13-12/h4,6-7,15H,3,5,8-9H2,1-2H3. The molecule has 0 spiro atoms. The van der Waals surface area contributed by atoms with Crippen LogP contribution in [-0.2, 0) is 0 Å². The second kappa shape index (κ2) is 6.23. The molecular weight excluding hydrogens is 204 g/mol. The lowest BCUT2D eigenvalue weighted by molar-refractivity contribution is 0.101. The third-order valence-corrected chi connectivity index (χ3v) is 2.43. The summed E-state index contributed by atoms with van der Waals surface area (Å²) in [7, 11) is 0. The number of aliphatic hydroxyl groups excluding tert-OH is 1. The van der Waals surface area contributed by atoms with Crippen LogP contribution in [0.15, 0.2) is 18.3 Å². The minimum absolute atomic E-state index is 0.0190. The minimum atomic E-state index is 0.0190. The molecule has 0 atom stereocenters. The molecule has 0 saturated carbocycles. The minimum Gasteiger partial charge on any atom is -0.396 e. The van der Waals surface area contributed by atoms with Gasteiger partial charge in [-0.25, -0.2) is 4.98 Å². The first-order valence-electron chi connectivity index (χ1n) is 5.52. The van der Waals surface area contributed by atoms with Crippen LogP contribution in [0, 0.1) is 0 Å². The normalized spacial score (nSPS) is 10.2. The van der Waals surface area contributed by atoms with Gasteiger partial charge in [0.1, 0.15) is 5.82 Å². The van der Waals surface area contributed by atoms with Crippen molar-refractivity contribution in [3.05, 3.63) is 23.9 Å². The zero-order valence-electron chi connectivity index (χ0n) is 9.81. The Morgan fingerprint density at radius 2 is 2.31 bits per heavy atom. The second-order valence-corrected chi connectivity index (χ2v) is 3.59. The van der Waals surface area contributed by atoms with Crippen LogP contribution < -0.4 is 4.90 Å². The van der Waals surface area contributed by atoms with E-state index in [1.54, 1.807) is 25.3 Å². The maximum absolute atomic E-state index is 11.4. The lowest BCUT2D eigenvalue weighted by atomic mass is 10.1. The highest BCUT2D eigenvalue weighted by atomic mass is 16.3. The van der Waals surface area contributed by atoms with Gasteiger partial charge in [-0.05, 0) is 32.4 Å². The van der Waals surface area contributed by atoms with Crippen LogP contribution >= 0.6 is 0 Å². The summed E-state index contributed by atoms with van der Waals surface area (Å²) in [6.07, 6.45) is 2.37. The zero-order valence-corrected chi connectivity index (χ0v) is 9.81. The number of nitrogens with zero attached hydrogens (tertiary/aromatic N) is 2. The van der Waals surface area contributed by atoms with Gasteiger partial charge in [0.15, 0.2) is 5.78 Å². The first-order valence-corrected chi connectivity index (χ1v) is 5.52. The highest BCUT2D eigenvalue weighted by Gasteiger charge is 2.13. The smallest absolute Gasteiger partial charge is 0.163 e. The fraction of sp³-hybridized carbons (Fsp3) is 0.500. The van der Waals surface area contributed by atoms with E-state index in [-0.39, 0.29) is 12.4 Å². The third-order valence-electron chi connectivity index (χ3n) is 2.43. The van der Waals surface area contributed by atoms with Gasteiger partial charge in [-0.15, -0.1) is 0 Å². The molecule has 0 aliphatic rings. The van der Waals surface area contributed by atoms with Gasteiger partial charge >= 0.3 is 0 Å². The molecular formula is C12H18N2O2. The largest absolute Gasteiger partial charge is 0.396 e. The van der Waals surface area contributed by atoms with Crippen LogP contribution in [-0.4, -0.2) is 35.6 Å². The van der Waals surface area contributed by atoms with Crippen molar-refractivity contribution < 1.29 is 9.90 Å². The summed E-state index contributed by atoms with van der Waals surface area (Å²) in [4.78, 5) is 17.7. The summed E-state index contributed by atoms with van der Waals surface area (Å²) in [6.45, 7) is 5.19. The Hall–Kier alpha value is -1.42. The Balaban J connectivity index is 2.94. The van der Waals surface area contributed by atoms with E-state index in [4.69, 9.17) is 5.11 Å². The van der Waals surface area contributed by atoms with Gasteiger partial charge in [0.25, 0.3) is 0 Å². The number of Topliss-reactive ketones (excluding diaryl/α,β-unsaturated/α-hetero) is 1. The Bertz CT molecular complexity index is 353. The molecule has 4 nitrogen and oxygen atoms in total. The monoisotopic (exact) mass is 222 g/mol. The Morgan fingerprint density at radius 3 is 2.88 bits per heavy atom. The number of hydrogen-bond donors (Lipinski definition) is 1. The van der Waals surface area contributed by atoms with Gasteiger partial charge < -0.3 is 10.0 Å². The van der Waals surface area contributed by atoms with Gasteiger partial charge in [-0.1, -0.05) is 0 Å². The molecule has 88 valence electrons. The highest BCUT2D eigenvalue weighted by Crippen LogP contribution is 2.17. The molecule has 0 aliphatic carbocycles. The molecule has 1 rings (SSSR count). The molecule has 1 heterocycles. The van der Waals surface area contributed by atoms with Gasteiger partial charge in [0.2, 0.25) is 0 Å². The number of anilines is 1. The van der Waals surface area contributed by atoms with E-state index in [1.807, 2.05) is 11.8 Å². The average molecular weight is 222 g/mol. The number of carbonyl (C=O) groups is 1. The predicted molar refractivity (Wildman–Crippen MR) is 63.8 cm³/mol. The van der Waals surface area contributed by atoms with E-state index in [1.165, 1.54) is 0 Å². The summed E-state index contributed by atoms with van der Waals surface area (Å²) in [5, 5.41) is 8.82. The van der Waals surface area contributed by atoms with Crippen LogP contribution in [0.2, 0.25) is 0 Å². The van der Waals surface area contributed by atoms with Crippen LogP contribution in [0.1, 0.15) is 30.6 Å². The number of carbonyl (C=O) groups excluding carboxylic acids is 1. The molecule has 0 radical (unpaired) electrons. The van der Waals surface area contributed by atoms with E-state index in [0.29, 0.717) is 24.3 Å². The van der Waals surface area contributed by atoms with Crippen molar-refractivity contribution in [2.75, 3.05) is 24.6 Å². The van der Waals surface area contributed by atoms with E-state index >= 15 is 0 Å². The lowest BCUT2D eigenvalue weighted by Crippen LogP contribution is -2.27. The zero-order chi connectivity index (χ0) is 12.0. The van der Waals surface area contributed by atoms with Crippen molar-refractivity contribution in [2.24, 2.45) is 0 Å². The van der Waals surface area contributed by atoms with Crippen molar-refractivity contribution in [1.82, 2.24) is 4.98 Å². The summed E-state index contributed by atoms with van der Waals surface area (Å²) >= 11 is 0. The molecule has 0 aliphatic heterocycles. The number of hydrogen-bond acceptors (Lipinski definition) is 4. The first-order chi connectivity index (χ1) is 7.70. The van der Waals surface area contributed by atoms with Crippen LogP contribution in [0.25, 0.3) is 0 Å². The molecule has 0 unspecified atom stereocenters. The maximum atomic E-state index is 11.4. The molecule has 0 aromatic carbocycles. The third kappa shape index (κ3) is 3.03. The molecule has 4 heteroatoms. The lowest BCUT2D eigenvalue weighted by Gasteiger charge is -2.23. The SMILES string of the molecule is CCN(CCCO)c1ncccc1C(C)=O. The van der Waals surface area contributed by atoms with Crippen molar-refractivity contribution in [3.63, 3.8) is 0 Å². The Labute approximate surface area is 95.9 Å². The quantitative estimate of drug-likeness (QED) is 0.741. The van der Waals surface area contributed by atoms with Gasteiger partial charge in [0.05, 0.1) is 5.56 Å². The molecule has 1 N–H and O–H groups in total. The fourth-order valence-electron chi connectivity index (χ4n) is 1.60. The van der Waals surface area contributed by atoms with Gasteiger partial charge in [0, 0.05) is 25.9 Å². The van der Waals surface area contributed by atoms with Crippen LogP contribution in [0.5, 0.6) is 0 Å². The summed E-state index contributed by atoms with van der Waals surface area (Å²) < 4.78 is 0. The fourth-order valence-corrected chi connectivity index (χ4v) is 1.60. The summed E-state index contributed by atoms with van der Waals surface area (Å²) in [5.74, 6) is 0.733. The maximum Gasteiger partial charge on any atom is 0.163 e. The van der Waals surface area contributed by atoms with E-state index in [2.05, 4.69) is 4.98 Å². The van der Waals surface area contributed by atoms with Gasteiger partial charge in [-0.3, -0.25) is 4.79 Å². The molecule has 0 amide bonds. The van der Waals surface area contributed by atoms with Crippen molar-refractivity contribution in [1.29, 1.82) is 0 Å². The number of ketones is 1. The Kier molecular flexibility index (Phi) is 4.92. The van der Waals surface area contributed by atoms with Crippen LogP contribution in [0.4, 0.5) is 5.82 Å². The first kappa shape index (κ1) is 12.6. The summed E-state index contributed by atoms with van der Waals surface area (Å²) in [5.41, 5.74) is 0.641. The number of aliphatic hydroxyl groups is 1. The topological polar surface area (TPSA) is 53.4 Å². The van der Waals surface area contributed by atoms with E-state index in [9.17, 15) is 4.79 Å². The molecule has 16 heavy (non-hydrogen) atoms. The number of pyridine rings is 1. The molecule has 1 aromatic rings. The number of rotatable bonds is 6. The molecule has 1 aromatic heterocycles. The van der Waals surface area contributed by atoms with Crippen LogP contribution in [0.3, 0.4) is 0 Å². The number of aromatic nitrogens is 1. The molecule has 0 fully saturated rings. The second-order valence-electron chi connectivity index (χ2n) is 3.59. The van der Waals surface area contributed by atoms with Gasteiger partial charge in [-0.2, -0.15) is 0 Å². The Morgan fingerprint density at radius 1 is 1.56 bits per heavy atom. The predicted octanol–water partition coefficient (Wildman–Crippen LogP) is 1.49. The molecule has 0 bridgehead atoms. The summed E-state index contributed by atoms with van der Waals surface area (Å²) in [6, 6.07) is 3.55. The average Bonchev–Trinajstić information content (AvgIpc) is 2.30. The van der Waals surface area contributed by atoms with Crippen molar-refractivity contribution in [3.8, 4) is 0 Å².